The summed E-state index contributed by atoms with van der Waals surface area (Å²) in [4.78, 5) is 12.2. The van der Waals surface area contributed by atoms with Gasteiger partial charge >= 0.3 is 9.68 Å². The summed E-state index contributed by atoms with van der Waals surface area (Å²) < 4.78 is 23.3. The van der Waals surface area contributed by atoms with E-state index in [1.807, 2.05) is 0 Å². The summed E-state index contributed by atoms with van der Waals surface area (Å²) in [6, 6.07) is 11.1. The zero-order valence-electron chi connectivity index (χ0n) is 11.9. The van der Waals surface area contributed by atoms with Crippen molar-refractivity contribution in [3.05, 3.63) is 53.6 Å². The van der Waals surface area contributed by atoms with Crippen LogP contribution < -0.4 is 10.0 Å². The standard InChI is InChI=1S/C15H13O4P/c1-19-11-4-2-3-10(7-11)8-14(16)13-6-5-12(20-18)9-15(13)17/h2-7,9,17H,8H2,1H3/p+1/i/hT. The number of hydrogen-bond acceptors (Lipinski definition) is 4. The number of Topliss-reactive ketones (excluding diaryl/α,β-unsaturated/α-hetero) is 1. The van der Waals surface area contributed by atoms with Gasteiger partial charge in [-0.25, -0.2) is 0 Å². The summed E-state index contributed by atoms with van der Waals surface area (Å²) in [7, 11) is -0.737. The fourth-order valence-corrected chi connectivity index (χ4v) is 2.19. The van der Waals surface area contributed by atoms with Crippen LogP contribution in [0.4, 0.5) is 0 Å². The maximum atomic E-state index is 12.2. The van der Waals surface area contributed by atoms with Crippen LogP contribution in [0.5, 0.6) is 11.5 Å². The number of phenolic OH excluding ortho intramolecular Hbond substituents is 1. The molecule has 2 aromatic carbocycles. The molecule has 4 nitrogen and oxygen atoms in total. The van der Waals surface area contributed by atoms with Crippen LogP contribution in [0.3, 0.4) is 0 Å². The lowest BCUT2D eigenvalue weighted by Crippen LogP contribution is -2.05. The van der Waals surface area contributed by atoms with Gasteiger partial charge < -0.3 is 9.84 Å². The van der Waals surface area contributed by atoms with Gasteiger partial charge in [-0.3, -0.25) is 4.79 Å². The molecule has 5 heteroatoms. The second kappa shape index (κ2) is 6.31. The highest BCUT2D eigenvalue weighted by Gasteiger charge is 2.14. The van der Waals surface area contributed by atoms with Gasteiger partial charge in [0.2, 0.25) is 0 Å². The Morgan fingerprint density at radius 2 is 2.15 bits per heavy atom. The van der Waals surface area contributed by atoms with Crippen LogP contribution in [0, 0.1) is 0 Å². The quantitative estimate of drug-likeness (QED) is 0.679. The molecule has 0 aliphatic carbocycles. The first-order valence-corrected chi connectivity index (χ1v) is 6.78. The summed E-state index contributed by atoms with van der Waals surface area (Å²) in [6.45, 7) is 0. The van der Waals surface area contributed by atoms with E-state index in [2.05, 4.69) is 0 Å². The van der Waals surface area contributed by atoms with Crippen molar-refractivity contribution in [2.24, 2.45) is 0 Å². The fourth-order valence-electron chi connectivity index (χ4n) is 1.88. The third kappa shape index (κ3) is 3.22. The van der Waals surface area contributed by atoms with E-state index in [-0.39, 0.29) is 28.8 Å². The maximum absolute atomic E-state index is 12.2. The molecule has 0 spiro atoms. The number of rotatable bonds is 5. The lowest BCUT2D eigenvalue weighted by atomic mass is 10.0. The van der Waals surface area contributed by atoms with Gasteiger partial charge in [0.1, 0.15) is 11.5 Å². The van der Waals surface area contributed by atoms with E-state index < -0.39 is 8.41 Å². The van der Waals surface area contributed by atoms with Crippen molar-refractivity contribution < 1.29 is 19.2 Å². The van der Waals surface area contributed by atoms with Crippen LogP contribution in [0.1, 0.15) is 15.9 Å². The van der Waals surface area contributed by atoms with Crippen LogP contribution >= 0.6 is 8.41 Å². The minimum atomic E-state index is -2.29. The molecule has 0 amide bonds. The Hall–Kier alpha value is -2.19. The van der Waals surface area contributed by atoms with Crippen LogP contribution in [-0.2, 0) is 11.0 Å². The number of phenols is 1. The van der Waals surface area contributed by atoms with Crippen LogP contribution in [0.15, 0.2) is 42.5 Å². The molecule has 20 heavy (non-hydrogen) atoms. The molecular weight excluding hydrogens is 275 g/mol. The van der Waals surface area contributed by atoms with Crippen molar-refractivity contribution in [1.29, 1.82) is 1.28 Å². The number of ketones is 1. The average molecular weight is 291 g/mol. The zero-order valence-corrected chi connectivity index (χ0v) is 11.8. The number of benzene rings is 2. The predicted octanol–water partition coefficient (Wildman–Crippen LogP) is 2.48. The number of ether oxygens (including phenoxy) is 1. The fraction of sp³-hybridized carbons (Fsp3) is 0.133. The molecule has 0 fully saturated rings. The van der Waals surface area contributed by atoms with Crippen molar-refractivity contribution in [2.75, 3.05) is 7.11 Å². The average Bonchev–Trinajstić information content (AvgIpc) is 2.47. The summed E-state index contributed by atoms with van der Waals surface area (Å²) in [6.07, 6.45) is 0.122. The van der Waals surface area contributed by atoms with E-state index in [1.165, 1.54) is 18.2 Å². The summed E-state index contributed by atoms with van der Waals surface area (Å²) in [5.41, 5.74) is 0.924. The number of methoxy groups -OCH3 is 1. The maximum Gasteiger partial charge on any atom is 0.394 e. The Bertz CT molecular complexity index is 700. The Labute approximate surface area is 119 Å². The molecule has 0 aliphatic heterocycles. The molecule has 2 rings (SSSR count). The van der Waals surface area contributed by atoms with Gasteiger partial charge in [0.05, 0.1) is 12.7 Å². The van der Waals surface area contributed by atoms with Gasteiger partial charge in [-0.05, 0) is 29.8 Å². The van der Waals surface area contributed by atoms with Gasteiger partial charge in [0.15, 0.2) is 11.1 Å². The molecule has 2 aromatic rings. The summed E-state index contributed by atoms with van der Waals surface area (Å²) >= 11 is 0. The Morgan fingerprint density at radius 3 is 2.80 bits per heavy atom. The minimum Gasteiger partial charge on any atom is -0.507 e. The van der Waals surface area contributed by atoms with E-state index in [9.17, 15) is 14.5 Å². The molecule has 1 N–H and O–H groups in total. The molecule has 1 unspecified atom stereocenters. The van der Waals surface area contributed by atoms with E-state index in [1.54, 1.807) is 31.4 Å². The number of carbonyl (C=O) groups is 1. The monoisotopic (exact) mass is 291 g/mol. The van der Waals surface area contributed by atoms with Gasteiger partial charge in [0.25, 0.3) is 0 Å². The Balaban J connectivity index is 2.22. The highest BCUT2D eigenvalue weighted by atomic mass is 31.1. The highest BCUT2D eigenvalue weighted by molar-refractivity contribution is 7.34. The molecule has 0 heterocycles. The Morgan fingerprint density at radius 1 is 1.35 bits per heavy atom. The minimum absolute atomic E-state index is 0.122. The first kappa shape index (κ1) is 12.8. The van der Waals surface area contributed by atoms with Crippen molar-refractivity contribution in [3.8, 4) is 11.5 Å². The SMILES string of the molecule is [3H][P+](=O)c1ccc(C(=O)Cc2cccc(OC)c2)c(O)c1. The third-order valence-corrected chi connectivity index (χ3v) is 3.37. The molecule has 0 aromatic heterocycles. The smallest absolute Gasteiger partial charge is 0.394 e. The first-order chi connectivity index (χ1) is 10.0. The Kier molecular flexibility index (Phi) is 4.04. The predicted molar refractivity (Wildman–Crippen MR) is 77.8 cm³/mol. The topological polar surface area (TPSA) is 63.6 Å². The molecule has 1 atom stereocenters. The number of carbonyl (C=O) groups excluding carboxylic acids is 1. The van der Waals surface area contributed by atoms with Gasteiger partial charge in [0, 0.05) is 12.5 Å². The molecule has 0 aliphatic rings. The largest absolute Gasteiger partial charge is 0.507 e. The van der Waals surface area contributed by atoms with Crippen molar-refractivity contribution in [1.82, 2.24) is 0 Å². The number of aromatic hydroxyl groups is 1. The molecular formula is C15H14O4P+. The first-order valence-electron chi connectivity index (χ1n) is 6.41. The molecule has 102 valence electrons. The second-order valence-corrected chi connectivity index (χ2v) is 4.94. The van der Waals surface area contributed by atoms with E-state index in [0.717, 1.165) is 5.56 Å². The second-order valence-electron chi connectivity index (χ2n) is 4.24. The van der Waals surface area contributed by atoms with E-state index >= 15 is 0 Å². The normalized spacial score (nSPS) is 11.7. The third-order valence-electron chi connectivity index (χ3n) is 2.89. The van der Waals surface area contributed by atoms with Crippen LogP contribution in [0.25, 0.3) is 0 Å². The van der Waals surface area contributed by atoms with Crippen molar-refractivity contribution in [3.63, 3.8) is 0 Å². The molecule has 0 saturated carbocycles. The van der Waals surface area contributed by atoms with Crippen LogP contribution in [0.2, 0.25) is 0 Å². The van der Waals surface area contributed by atoms with E-state index in [4.69, 9.17) is 6.02 Å². The lowest BCUT2D eigenvalue weighted by molar-refractivity contribution is 0.0990. The van der Waals surface area contributed by atoms with Crippen molar-refractivity contribution >= 4 is 19.5 Å². The van der Waals surface area contributed by atoms with Crippen LogP contribution in [-0.4, -0.2) is 19.3 Å². The molecule has 0 saturated heterocycles. The molecule has 0 radical (unpaired) electrons. The highest BCUT2D eigenvalue weighted by Crippen LogP contribution is 2.20. The van der Waals surface area contributed by atoms with Gasteiger partial charge in [-0.1, -0.05) is 16.7 Å². The summed E-state index contributed by atoms with van der Waals surface area (Å²) in [5, 5.41) is 10.0. The zero-order chi connectivity index (χ0) is 15.4. The van der Waals surface area contributed by atoms with E-state index in [0.29, 0.717) is 5.75 Å². The van der Waals surface area contributed by atoms with Gasteiger partial charge in [-0.2, -0.15) is 0 Å². The lowest BCUT2D eigenvalue weighted by Gasteiger charge is -2.05. The van der Waals surface area contributed by atoms with Gasteiger partial charge in [-0.15, -0.1) is 0 Å². The molecule has 0 bridgehead atoms. The van der Waals surface area contributed by atoms with Crippen molar-refractivity contribution in [2.45, 2.75) is 6.42 Å². The summed E-state index contributed by atoms with van der Waals surface area (Å²) in [5.74, 6) is 0.148. The number of hydrogen-bond donors (Lipinski definition) is 1.